The number of carbonyl (C=O) groups excluding carboxylic acids is 2. The van der Waals surface area contributed by atoms with Crippen molar-refractivity contribution in [2.75, 3.05) is 18.4 Å². The second-order valence-corrected chi connectivity index (χ2v) is 10.5. The van der Waals surface area contributed by atoms with Crippen LogP contribution in [0.4, 0.5) is 32.3 Å². The Kier molecular flexibility index (Phi) is 7.86. The first kappa shape index (κ1) is 29.9. The minimum atomic E-state index is -4.89. The zero-order valence-corrected chi connectivity index (χ0v) is 23.1. The number of amides is 2. The molecule has 0 saturated heterocycles. The molecule has 4 aromatic rings. The molecule has 4 heterocycles. The third kappa shape index (κ3) is 6.16. The van der Waals surface area contributed by atoms with E-state index in [2.05, 4.69) is 31.8 Å². The number of nitrogens with zero attached hydrogens (tertiary/aromatic N) is 4. The smallest absolute Gasteiger partial charge is 0.360 e. The maximum atomic E-state index is 13.9. The molecule has 0 fully saturated rings. The summed E-state index contributed by atoms with van der Waals surface area (Å²) in [5.41, 5.74) is -1.75. The molecule has 2 N–H and O–H groups in total. The second kappa shape index (κ2) is 11.3. The van der Waals surface area contributed by atoms with Gasteiger partial charge in [0.15, 0.2) is 0 Å². The van der Waals surface area contributed by atoms with E-state index in [0.29, 0.717) is 36.4 Å². The van der Waals surface area contributed by atoms with Crippen LogP contribution in [0, 0.1) is 0 Å². The van der Waals surface area contributed by atoms with Crippen LogP contribution in [0.15, 0.2) is 54.7 Å². The Morgan fingerprint density at radius 2 is 1.93 bits per heavy atom. The number of aromatic nitrogens is 4. The number of rotatable bonds is 6. The molecule has 5 rings (SSSR count). The lowest BCUT2D eigenvalue weighted by atomic mass is 10.0. The van der Waals surface area contributed by atoms with E-state index >= 15 is 0 Å². The second-order valence-electron chi connectivity index (χ2n) is 9.68. The molecule has 1 aliphatic rings. The Morgan fingerprint density at radius 1 is 1.16 bits per heavy atom. The van der Waals surface area contributed by atoms with Crippen LogP contribution >= 0.6 is 11.3 Å². The molecule has 1 unspecified atom stereocenters. The number of carbonyl (C=O) groups is 2. The molecule has 1 aromatic carbocycles. The van der Waals surface area contributed by atoms with Crippen LogP contribution in [-0.2, 0) is 21.9 Å². The van der Waals surface area contributed by atoms with Crippen molar-refractivity contribution in [2.24, 2.45) is 0 Å². The summed E-state index contributed by atoms with van der Waals surface area (Å²) in [6.45, 7) is 5.95. The highest BCUT2D eigenvalue weighted by Crippen LogP contribution is 2.40. The third-order valence-electron chi connectivity index (χ3n) is 6.86. The minimum absolute atomic E-state index is 0.0415. The minimum Gasteiger partial charge on any atom is -0.360 e. The number of thiazole rings is 1. The van der Waals surface area contributed by atoms with Gasteiger partial charge in [0.2, 0.25) is 17.8 Å². The molecule has 224 valence electrons. The first-order valence-electron chi connectivity index (χ1n) is 12.8. The van der Waals surface area contributed by atoms with Gasteiger partial charge in [0, 0.05) is 52.9 Å². The maximum absolute atomic E-state index is 13.9. The van der Waals surface area contributed by atoms with E-state index in [9.17, 15) is 35.9 Å². The summed E-state index contributed by atoms with van der Waals surface area (Å²) in [5.74, 6) is -2.12. The Balaban J connectivity index is 1.40. The van der Waals surface area contributed by atoms with Gasteiger partial charge in [-0.3, -0.25) is 14.9 Å². The summed E-state index contributed by atoms with van der Waals surface area (Å²) >= 11 is 1.29. The molecule has 3 aromatic heterocycles. The maximum Gasteiger partial charge on any atom is 0.419 e. The first-order chi connectivity index (χ1) is 20.3. The van der Waals surface area contributed by atoms with Crippen LogP contribution < -0.4 is 5.32 Å². The van der Waals surface area contributed by atoms with Gasteiger partial charge in [-0.25, -0.2) is 15.0 Å². The lowest BCUT2D eigenvalue weighted by molar-refractivity contribution is -0.138. The van der Waals surface area contributed by atoms with Crippen LogP contribution in [0.3, 0.4) is 0 Å². The number of anilines is 1. The largest absolute Gasteiger partial charge is 0.419 e. The van der Waals surface area contributed by atoms with Crippen LogP contribution in [0.25, 0.3) is 27.7 Å². The highest BCUT2D eigenvalue weighted by Gasteiger charge is 2.37. The third-order valence-corrected chi connectivity index (χ3v) is 7.80. The van der Waals surface area contributed by atoms with Crippen LogP contribution in [0.2, 0.25) is 0 Å². The monoisotopic (exact) mass is 620 g/mol. The zero-order valence-electron chi connectivity index (χ0n) is 22.3. The summed E-state index contributed by atoms with van der Waals surface area (Å²) in [4.78, 5) is 41.4. The van der Waals surface area contributed by atoms with E-state index in [0.717, 1.165) is 30.0 Å². The Morgan fingerprint density at radius 3 is 2.63 bits per heavy atom. The van der Waals surface area contributed by atoms with Crippen molar-refractivity contribution in [3.05, 3.63) is 76.5 Å². The van der Waals surface area contributed by atoms with E-state index in [1.807, 2.05) is 6.08 Å². The first-order valence-corrected chi connectivity index (χ1v) is 13.6. The van der Waals surface area contributed by atoms with Gasteiger partial charge in [-0.1, -0.05) is 18.7 Å². The summed E-state index contributed by atoms with van der Waals surface area (Å²) in [6.07, 6.45) is -4.07. The number of alkyl halides is 6. The number of benzene rings is 1. The summed E-state index contributed by atoms with van der Waals surface area (Å²) in [6, 6.07) is 2.61. The molecule has 2 amide bonds. The number of aromatic amines is 1. The van der Waals surface area contributed by atoms with Crippen molar-refractivity contribution in [2.45, 2.75) is 31.6 Å². The van der Waals surface area contributed by atoms with Crippen molar-refractivity contribution in [3.63, 3.8) is 0 Å². The Hall–Kier alpha value is -4.53. The number of hydrogen-bond acceptors (Lipinski definition) is 6. The van der Waals surface area contributed by atoms with Gasteiger partial charge in [0.05, 0.1) is 22.9 Å². The van der Waals surface area contributed by atoms with Gasteiger partial charge in [0.25, 0.3) is 0 Å². The van der Waals surface area contributed by atoms with Gasteiger partial charge in [0.1, 0.15) is 10.6 Å². The standard InChI is InChI=1S/C28H22F6N6O2S/c1-3-22(41)40-8-4-5-15(12-40)25-37-21(13-43-25)14(2)24(42)39-26-36-11-19(28(32,33)34)23(38-26)18-10-35-20-9-16(27(29,30)31)6-7-17(18)20/h3,5-7,9-11,13-14,35H,1,4,8,12H2,2H3,(H,36,38,39,42). The quantitative estimate of drug-likeness (QED) is 0.185. The zero-order chi connectivity index (χ0) is 31.1. The van der Waals surface area contributed by atoms with Gasteiger partial charge < -0.3 is 9.88 Å². The average Bonchev–Trinajstić information content (AvgIpc) is 3.63. The van der Waals surface area contributed by atoms with Crippen molar-refractivity contribution >= 4 is 45.6 Å². The summed E-state index contributed by atoms with van der Waals surface area (Å²) < 4.78 is 81.1. The molecule has 1 atom stereocenters. The SMILES string of the molecule is C=CC(=O)N1CCC=C(c2nc(C(C)C(=O)Nc3ncc(C(F)(F)F)c(-c4c[nH]c5cc(C(F)(F)F)ccc45)n3)cs2)C1. The van der Waals surface area contributed by atoms with E-state index in [-0.39, 0.29) is 22.4 Å². The highest BCUT2D eigenvalue weighted by molar-refractivity contribution is 7.10. The fourth-order valence-electron chi connectivity index (χ4n) is 4.55. The predicted molar refractivity (Wildman–Crippen MR) is 148 cm³/mol. The van der Waals surface area contributed by atoms with E-state index in [1.165, 1.54) is 17.4 Å². The predicted octanol–water partition coefficient (Wildman–Crippen LogP) is 6.66. The highest BCUT2D eigenvalue weighted by atomic mass is 32.1. The number of fused-ring (bicyclic) bond motifs is 1. The number of H-pyrrole nitrogens is 1. The molecule has 15 heteroatoms. The van der Waals surface area contributed by atoms with Gasteiger partial charge in [-0.2, -0.15) is 26.3 Å². The molecule has 0 aliphatic carbocycles. The van der Waals surface area contributed by atoms with Gasteiger partial charge in [-0.15, -0.1) is 11.3 Å². The topological polar surface area (TPSA) is 104 Å². The van der Waals surface area contributed by atoms with Crippen LogP contribution in [-0.4, -0.2) is 49.7 Å². The van der Waals surface area contributed by atoms with E-state index in [1.54, 1.807) is 17.2 Å². The number of hydrogen-bond donors (Lipinski definition) is 2. The molecular formula is C28H22F6N6O2S. The molecule has 0 spiro atoms. The number of halogens is 6. The normalized spacial score (nSPS) is 14.9. The molecule has 8 nitrogen and oxygen atoms in total. The van der Waals surface area contributed by atoms with Crippen molar-refractivity contribution in [3.8, 4) is 11.3 Å². The van der Waals surface area contributed by atoms with Gasteiger partial charge in [-0.05, 0) is 31.6 Å². The lowest BCUT2D eigenvalue weighted by Gasteiger charge is -2.25. The van der Waals surface area contributed by atoms with Crippen LogP contribution in [0.5, 0.6) is 0 Å². The van der Waals surface area contributed by atoms with Crippen molar-refractivity contribution in [1.82, 2.24) is 24.8 Å². The van der Waals surface area contributed by atoms with E-state index < -0.39 is 46.9 Å². The average molecular weight is 621 g/mol. The number of nitrogens with one attached hydrogen (secondary N) is 2. The molecular weight excluding hydrogens is 598 g/mol. The molecule has 0 saturated carbocycles. The van der Waals surface area contributed by atoms with Gasteiger partial charge >= 0.3 is 12.4 Å². The van der Waals surface area contributed by atoms with Crippen molar-refractivity contribution in [1.29, 1.82) is 0 Å². The van der Waals surface area contributed by atoms with Crippen LogP contribution in [0.1, 0.15) is 41.1 Å². The van der Waals surface area contributed by atoms with E-state index in [4.69, 9.17) is 0 Å². The molecule has 0 bridgehead atoms. The fourth-order valence-corrected chi connectivity index (χ4v) is 5.50. The Labute approximate surface area is 244 Å². The molecule has 43 heavy (non-hydrogen) atoms. The molecule has 0 radical (unpaired) electrons. The lowest BCUT2D eigenvalue weighted by Crippen LogP contribution is -2.34. The summed E-state index contributed by atoms with van der Waals surface area (Å²) in [7, 11) is 0. The van der Waals surface area contributed by atoms with Crippen molar-refractivity contribution < 1.29 is 35.9 Å². The Bertz CT molecular complexity index is 1760. The molecule has 1 aliphatic heterocycles. The fraction of sp³-hybridized carbons (Fsp3) is 0.250. The summed E-state index contributed by atoms with van der Waals surface area (Å²) in [5, 5.41) is 4.79.